The van der Waals surface area contributed by atoms with Crippen molar-refractivity contribution in [2.45, 2.75) is 12.0 Å². The lowest BCUT2D eigenvalue weighted by Crippen LogP contribution is -2.49. The molecule has 9 heteroatoms. The summed E-state index contributed by atoms with van der Waals surface area (Å²) in [6.07, 6.45) is -0.946. The molecule has 0 bridgehead atoms. The van der Waals surface area contributed by atoms with Crippen molar-refractivity contribution in [2.75, 3.05) is 6.61 Å². The summed E-state index contributed by atoms with van der Waals surface area (Å²) in [6.45, 7) is -1.02. The molecule has 3 nitrogen and oxygen atoms in total. The standard InChI is InChI=1S/C10H6Cl3F2NO2.ClH/c11-4-1-5(7(13)6(12)2-4)8-10(14,15)3-18-9(17)16-8;/h1-2,8H,3H2,(H,16,17);1H/t8-;/m0./s1. The fourth-order valence-corrected chi connectivity index (χ4v) is 2.33. The van der Waals surface area contributed by atoms with Gasteiger partial charge in [0.1, 0.15) is 6.04 Å². The second-order valence-electron chi connectivity index (χ2n) is 3.71. The minimum atomic E-state index is -3.30. The quantitative estimate of drug-likeness (QED) is 0.756. The van der Waals surface area contributed by atoms with Crippen molar-refractivity contribution in [3.63, 3.8) is 0 Å². The Labute approximate surface area is 128 Å². The van der Waals surface area contributed by atoms with Crippen molar-refractivity contribution < 1.29 is 18.3 Å². The van der Waals surface area contributed by atoms with Crippen molar-refractivity contribution >= 4 is 53.3 Å². The summed E-state index contributed by atoms with van der Waals surface area (Å²) >= 11 is 17.4. The Morgan fingerprint density at radius 1 is 1.32 bits per heavy atom. The van der Waals surface area contributed by atoms with E-state index in [0.29, 0.717) is 0 Å². The number of cyclic esters (lactones) is 1. The van der Waals surface area contributed by atoms with Gasteiger partial charge in [-0.3, -0.25) is 0 Å². The maximum Gasteiger partial charge on any atom is 0.408 e. The number of carbonyl (C=O) groups is 1. The number of amides is 1. The summed E-state index contributed by atoms with van der Waals surface area (Å²) in [4.78, 5) is 11.0. The van der Waals surface area contributed by atoms with E-state index < -0.39 is 24.7 Å². The van der Waals surface area contributed by atoms with Crippen LogP contribution < -0.4 is 5.32 Å². The predicted octanol–water partition coefficient (Wildman–Crippen LogP) is 4.48. The van der Waals surface area contributed by atoms with Crippen LogP contribution >= 0.6 is 47.2 Å². The minimum Gasteiger partial charge on any atom is -0.443 e. The zero-order valence-corrected chi connectivity index (χ0v) is 12.1. The summed E-state index contributed by atoms with van der Waals surface area (Å²) in [5.41, 5.74) is -0.0455. The Hall–Kier alpha value is -0.490. The average Bonchev–Trinajstić information content (AvgIpc) is 2.27. The second-order valence-corrected chi connectivity index (χ2v) is 4.93. The number of hydrogen-bond donors (Lipinski definition) is 1. The van der Waals surface area contributed by atoms with Gasteiger partial charge in [0.25, 0.3) is 0 Å². The molecule has 0 unspecified atom stereocenters. The van der Waals surface area contributed by atoms with Crippen LogP contribution in [0.4, 0.5) is 13.6 Å². The van der Waals surface area contributed by atoms with E-state index in [2.05, 4.69) is 4.74 Å². The van der Waals surface area contributed by atoms with Gasteiger partial charge >= 0.3 is 12.0 Å². The van der Waals surface area contributed by atoms with Gasteiger partial charge in [-0.1, -0.05) is 34.8 Å². The van der Waals surface area contributed by atoms with Crippen molar-refractivity contribution in [1.82, 2.24) is 5.32 Å². The van der Waals surface area contributed by atoms with Crippen molar-refractivity contribution in [2.24, 2.45) is 0 Å². The summed E-state index contributed by atoms with van der Waals surface area (Å²) in [5, 5.41) is 2.12. The molecule has 1 atom stereocenters. The monoisotopic (exact) mass is 351 g/mol. The van der Waals surface area contributed by atoms with Crippen LogP contribution in [0, 0.1) is 0 Å². The zero-order chi connectivity index (χ0) is 13.5. The molecule has 1 aliphatic heterocycles. The molecule has 19 heavy (non-hydrogen) atoms. The van der Waals surface area contributed by atoms with Gasteiger partial charge in [-0.2, -0.15) is 0 Å². The molecule has 1 amide bonds. The van der Waals surface area contributed by atoms with Gasteiger partial charge in [-0.05, 0) is 12.1 Å². The molecule has 1 fully saturated rings. The maximum absolute atomic E-state index is 13.7. The molecule has 0 aliphatic carbocycles. The smallest absolute Gasteiger partial charge is 0.408 e. The molecule has 106 valence electrons. The zero-order valence-electron chi connectivity index (χ0n) is 9.05. The van der Waals surface area contributed by atoms with Crippen LogP contribution in [-0.2, 0) is 4.74 Å². The Morgan fingerprint density at radius 3 is 2.58 bits per heavy atom. The second kappa shape index (κ2) is 5.87. The summed E-state index contributed by atoms with van der Waals surface area (Å²) < 4.78 is 31.6. The van der Waals surface area contributed by atoms with Gasteiger partial charge < -0.3 is 10.1 Å². The number of benzene rings is 1. The fourth-order valence-electron chi connectivity index (χ4n) is 1.60. The van der Waals surface area contributed by atoms with Crippen molar-refractivity contribution in [1.29, 1.82) is 0 Å². The first-order valence-electron chi connectivity index (χ1n) is 4.77. The molecule has 0 saturated carbocycles. The summed E-state index contributed by atoms with van der Waals surface area (Å²) in [7, 11) is 0. The van der Waals surface area contributed by atoms with Crippen molar-refractivity contribution in [3.05, 3.63) is 32.8 Å². The van der Waals surface area contributed by atoms with Crippen LogP contribution in [-0.4, -0.2) is 18.6 Å². The number of alkyl halides is 2. The van der Waals surface area contributed by atoms with Crippen LogP contribution in [0.2, 0.25) is 15.1 Å². The SMILES string of the molecule is Cl.O=C1N[C@@H](c2cc(Cl)cc(Cl)c2Cl)C(F)(F)CO1. The maximum atomic E-state index is 13.7. The minimum absolute atomic E-state index is 0. The first kappa shape index (κ1) is 16.6. The normalized spacial score (nSPS) is 21.1. The van der Waals surface area contributed by atoms with E-state index in [1.165, 1.54) is 12.1 Å². The first-order valence-corrected chi connectivity index (χ1v) is 5.90. The molecule has 1 N–H and O–H groups in total. The fraction of sp³-hybridized carbons (Fsp3) is 0.300. The molecule has 1 aliphatic rings. The third kappa shape index (κ3) is 3.34. The van der Waals surface area contributed by atoms with Crippen LogP contribution in [0.3, 0.4) is 0 Å². The Kier molecular flexibility index (Phi) is 5.12. The third-order valence-electron chi connectivity index (χ3n) is 2.41. The highest BCUT2D eigenvalue weighted by atomic mass is 35.5. The van der Waals surface area contributed by atoms with E-state index in [4.69, 9.17) is 34.8 Å². The summed E-state index contributed by atoms with van der Waals surface area (Å²) in [5.74, 6) is -3.30. The molecule has 1 heterocycles. The Morgan fingerprint density at radius 2 is 1.95 bits per heavy atom. The molecule has 0 radical (unpaired) electrons. The van der Waals surface area contributed by atoms with Crippen molar-refractivity contribution in [3.8, 4) is 0 Å². The molecular weight excluding hydrogens is 346 g/mol. The molecular formula is C10H7Cl4F2NO2. The van der Waals surface area contributed by atoms with Crippen LogP contribution in [0.25, 0.3) is 0 Å². The van der Waals surface area contributed by atoms with Gasteiger partial charge in [0, 0.05) is 10.6 Å². The molecule has 1 aromatic rings. The average molecular weight is 353 g/mol. The highest BCUT2D eigenvalue weighted by Gasteiger charge is 2.47. The molecule has 0 spiro atoms. The van der Waals surface area contributed by atoms with Crippen LogP contribution in [0.1, 0.15) is 11.6 Å². The Bertz CT molecular complexity index is 513. The lowest BCUT2D eigenvalue weighted by atomic mass is 10.00. The number of alkyl carbamates (subject to hydrolysis) is 1. The number of ether oxygens (including phenoxy) is 1. The van der Waals surface area contributed by atoms with Gasteiger partial charge in [0.2, 0.25) is 0 Å². The predicted molar refractivity (Wildman–Crippen MR) is 70.9 cm³/mol. The molecule has 1 aromatic carbocycles. The molecule has 0 aromatic heterocycles. The van der Waals surface area contributed by atoms with Gasteiger partial charge in [0.15, 0.2) is 6.61 Å². The lowest BCUT2D eigenvalue weighted by molar-refractivity contribution is -0.104. The van der Waals surface area contributed by atoms with Crippen LogP contribution in [0.15, 0.2) is 12.1 Å². The van der Waals surface area contributed by atoms with Gasteiger partial charge in [0.05, 0.1) is 10.0 Å². The van der Waals surface area contributed by atoms with Gasteiger partial charge in [-0.25, -0.2) is 13.6 Å². The third-order valence-corrected chi connectivity index (χ3v) is 3.45. The Balaban J connectivity index is 0.00000180. The highest BCUT2D eigenvalue weighted by molar-refractivity contribution is 6.43. The summed E-state index contributed by atoms with van der Waals surface area (Å²) in [6, 6.07) is 0.941. The number of nitrogens with one attached hydrogen (secondary N) is 1. The van der Waals surface area contributed by atoms with E-state index in [1.807, 2.05) is 5.32 Å². The number of carbonyl (C=O) groups excluding carboxylic acids is 1. The highest BCUT2D eigenvalue weighted by Crippen LogP contribution is 2.41. The molecule has 1 saturated heterocycles. The van der Waals surface area contributed by atoms with E-state index in [9.17, 15) is 13.6 Å². The topological polar surface area (TPSA) is 38.3 Å². The van der Waals surface area contributed by atoms with Gasteiger partial charge in [-0.15, -0.1) is 12.4 Å². The first-order chi connectivity index (χ1) is 8.31. The largest absolute Gasteiger partial charge is 0.443 e. The lowest BCUT2D eigenvalue weighted by Gasteiger charge is -2.32. The van der Waals surface area contributed by atoms with E-state index in [0.717, 1.165) is 0 Å². The number of rotatable bonds is 1. The van der Waals surface area contributed by atoms with E-state index in [1.54, 1.807) is 0 Å². The number of halogens is 6. The van der Waals surface area contributed by atoms with Crippen LogP contribution in [0.5, 0.6) is 0 Å². The van der Waals surface area contributed by atoms with E-state index >= 15 is 0 Å². The number of hydrogen-bond acceptors (Lipinski definition) is 2. The molecule has 2 rings (SSSR count). The van der Waals surface area contributed by atoms with E-state index in [-0.39, 0.29) is 33.0 Å².